The molecule has 0 radical (unpaired) electrons. The summed E-state index contributed by atoms with van der Waals surface area (Å²) >= 11 is 2.87. The molecule has 9 rings (SSSR count). The van der Waals surface area contributed by atoms with Crippen LogP contribution in [0.2, 0.25) is 0 Å². The van der Waals surface area contributed by atoms with E-state index in [1.807, 2.05) is 28.0 Å². The quantitative estimate of drug-likeness (QED) is 0.0530. The lowest BCUT2D eigenvalue weighted by molar-refractivity contribution is -0.139. The maximum absolute atomic E-state index is 14.2. The minimum Gasteiger partial charge on any atom is -0.491 e. The monoisotopic (exact) mass is 1040 g/mol. The number of likely N-dealkylation sites (N-methyl/N-ethyl adjacent to an activating group) is 1. The largest absolute Gasteiger partial charge is 0.491 e. The van der Waals surface area contributed by atoms with Crippen LogP contribution >= 0.6 is 22.7 Å². The van der Waals surface area contributed by atoms with Crippen molar-refractivity contribution < 1.29 is 28.7 Å². The predicted octanol–water partition coefficient (Wildman–Crippen LogP) is 6.77. The van der Waals surface area contributed by atoms with Crippen LogP contribution in [0.1, 0.15) is 105 Å². The summed E-state index contributed by atoms with van der Waals surface area (Å²) in [5.74, 6) is 0.135. The number of nitriles is 1. The Hall–Kier alpha value is -6.86. The van der Waals surface area contributed by atoms with E-state index in [2.05, 4.69) is 56.1 Å². The topological polar surface area (TPSA) is 225 Å². The van der Waals surface area contributed by atoms with E-state index in [0.717, 1.165) is 88.2 Å². The maximum atomic E-state index is 14.2. The van der Waals surface area contributed by atoms with Gasteiger partial charge < -0.3 is 40.1 Å². The van der Waals surface area contributed by atoms with Crippen LogP contribution in [0.3, 0.4) is 0 Å². The van der Waals surface area contributed by atoms with Crippen LogP contribution in [0.5, 0.6) is 5.75 Å². The fraction of sp³-hybridized carbons (Fsp3) is 0.472. The summed E-state index contributed by atoms with van der Waals surface area (Å²) < 4.78 is 13.5. The number of thiazole rings is 1. The van der Waals surface area contributed by atoms with Gasteiger partial charge in [-0.2, -0.15) is 10.4 Å². The van der Waals surface area contributed by atoms with Crippen molar-refractivity contribution in [1.29, 1.82) is 5.26 Å². The molecule has 1 aliphatic carbocycles. The molecule has 74 heavy (non-hydrogen) atoms. The molecule has 7 heterocycles. The van der Waals surface area contributed by atoms with Crippen LogP contribution in [0, 0.1) is 17.2 Å². The van der Waals surface area contributed by atoms with E-state index >= 15 is 0 Å². The number of amides is 3. The first-order chi connectivity index (χ1) is 36.0. The van der Waals surface area contributed by atoms with Gasteiger partial charge in [0.2, 0.25) is 28.6 Å². The number of rotatable bonds is 20. The highest BCUT2D eigenvalue weighted by Crippen LogP contribution is 2.38. The van der Waals surface area contributed by atoms with Gasteiger partial charge in [-0.05, 0) is 95.8 Å². The van der Waals surface area contributed by atoms with E-state index in [-0.39, 0.29) is 67.7 Å². The number of aromatic nitrogens is 6. The van der Waals surface area contributed by atoms with Crippen LogP contribution < -0.4 is 25.6 Å². The highest BCUT2D eigenvalue weighted by Gasteiger charge is 2.40. The number of anilines is 2. The van der Waals surface area contributed by atoms with Crippen molar-refractivity contribution >= 4 is 62.5 Å². The van der Waals surface area contributed by atoms with Crippen LogP contribution in [0.15, 0.2) is 66.3 Å². The van der Waals surface area contributed by atoms with Gasteiger partial charge in [-0.25, -0.2) is 9.50 Å². The second kappa shape index (κ2) is 24.0. The van der Waals surface area contributed by atoms with Crippen molar-refractivity contribution in [2.45, 2.75) is 96.3 Å². The summed E-state index contributed by atoms with van der Waals surface area (Å²) in [6.45, 7) is 9.61. The summed E-state index contributed by atoms with van der Waals surface area (Å²) in [6.07, 6.45) is 10.2. The third-order valence-electron chi connectivity index (χ3n) is 13.9. The number of piperazine rings is 1. The van der Waals surface area contributed by atoms with Gasteiger partial charge in [-0.3, -0.25) is 24.2 Å². The molecule has 0 spiro atoms. The number of ether oxygens (including phenoxy) is 2. The van der Waals surface area contributed by atoms with Crippen LogP contribution in [-0.4, -0.2) is 141 Å². The first kappa shape index (κ1) is 52.0. The van der Waals surface area contributed by atoms with Gasteiger partial charge in [0.25, 0.3) is 0 Å². The zero-order valence-corrected chi connectivity index (χ0v) is 43.9. The molecule has 2 aliphatic heterocycles. The van der Waals surface area contributed by atoms with Gasteiger partial charge in [-0.1, -0.05) is 42.7 Å². The normalized spacial score (nSPS) is 17.1. The number of ketones is 1. The fourth-order valence-electron chi connectivity index (χ4n) is 9.83. The number of likely N-dealkylation sites (tertiary alicyclic amines) is 1. The maximum Gasteiger partial charge on any atom is 0.246 e. The molecule has 6 aromatic rings. The first-order valence-electron chi connectivity index (χ1n) is 25.6. The average molecular weight is 1040 g/mol. The molecule has 388 valence electrons. The number of pyridine rings is 1. The lowest BCUT2D eigenvalue weighted by Crippen LogP contribution is -2.55. The molecule has 21 heteroatoms. The van der Waals surface area contributed by atoms with E-state index in [9.17, 15) is 24.4 Å². The number of nitrogens with zero attached hydrogens (tertiary/aromatic N) is 10. The lowest BCUT2D eigenvalue weighted by atomic mass is 9.83. The molecular formula is C53H63N13O6S2. The molecule has 3 fully saturated rings. The summed E-state index contributed by atoms with van der Waals surface area (Å²) in [6, 6.07) is 15.6. The van der Waals surface area contributed by atoms with Gasteiger partial charge >= 0.3 is 0 Å². The molecule has 3 aliphatic rings. The Bertz CT molecular complexity index is 2990. The molecule has 19 nitrogen and oxygen atoms in total. The number of carbonyl (C=O) groups is 4. The van der Waals surface area contributed by atoms with E-state index in [0.29, 0.717) is 55.3 Å². The minimum atomic E-state index is -0.592. The number of hydrogen-bond donors (Lipinski definition) is 3. The number of hydrogen-bond acceptors (Lipinski definition) is 17. The van der Waals surface area contributed by atoms with Gasteiger partial charge in [-0.15, -0.1) is 21.5 Å². The molecule has 3 atom stereocenters. The van der Waals surface area contributed by atoms with Crippen molar-refractivity contribution in [1.82, 2.24) is 50.2 Å². The van der Waals surface area contributed by atoms with Gasteiger partial charge in [0, 0.05) is 61.6 Å². The molecule has 3 N–H and O–H groups in total. The minimum absolute atomic E-state index is 0.0196. The van der Waals surface area contributed by atoms with Crippen molar-refractivity contribution in [3.8, 4) is 33.8 Å². The Balaban J connectivity index is 0.716. The van der Waals surface area contributed by atoms with Gasteiger partial charge in [0.05, 0.1) is 65.9 Å². The Morgan fingerprint density at radius 3 is 2.51 bits per heavy atom. The predicted molar refractivity (Wildman–Crippen MR) is 283 cm³/mol. The standard InChI is InChI=1S/C53H63N13O6S2/c1-33(2)58-41-28-42(44-16-15-38-26-35(29-54)30-57-66(38)44)56-31-40(41)50-61-62-53(74-50)64-21-19-63(20-22-64)46(67)17-23-71-24-25-72-39-13-8-12-37(27-39)48(68)43-32-73-51(59-43)45-14-9-18-65(45)52(70)47(36-10-6-5-7-11-36)60-49(69)34(3)55-4/h8,12-13,15-16,26-28,30-34,36,45,47,55H,5-7,9-11,14,17-25H2,1-4H3,(H,56,58)(H,60,69)/t34?,45?,47-/m0/s1. The summed E-state index contributed by atoms with van der Waals surface area (Å²) in [4.78, 5) is 69.6. The van der Waals surface area contributed by atoms with Crippen molar-refractivity contribution in [3.05, 3.63) is 88.1 Å². The number of benzene rings is 1. The summed E-state index contributed by atoms with van der Waals surface area (Å²) in [5.41, 5.74) is 5.28. The van der Waals surface area contributed by atoms with Crippen LogP contribution in [0.4, 0.5) is 10.8 Å². The Kier molecular flexibility index (Phi) is 16.9. The van der Waals surface area contributed by atoms with Gasteiger partial charge in [0.15, 0.2) is 5.01 Å². The molecule has 3 amide bonds. The number of nitrogens with one attached hydrogen (secondary N) is 3. The molecule has 2 unspecified atom stereocenters. The average Bonchev–Trinajstić information content (AvgIpc) is 4.28. The van der Waals surface area contributed by atoms with Crippen LogP contribution in [-0.2, 0) is 19.1 Å². The Morgan fingerprint density at radius 1 is 0.905 bits per heavy atom. The number of fused-ring (bicyclic) bond motifs is 1. The third-order valence-corrected chi connectivity index (χ3v) is 15.9. The van der Waals surface area contributed by atoms with Crippen molar-refractivity contribution in [3.63, 3.8) is 0 Å². The molecule has 5 aromatic heterocycles. The fourth-order valence-corrected chi connectivity index (χ4v) is 11.7. The molecular weight excluding hydrogens is 979 g/mol. The second-order valence-corrected chi connectivity index (χ2v) is 21.2. The van der Waals surface area contributed by atoms with Gasteiger partial charge in [0.1, 0.15) is 35.2 Å². The zero-order chi connectivity index (χ0) is 51.7. The van der Waals surface area contributed by atoms with E-state index in [1.54, 1.807) is 66.6 Å². The highest BCUT2D eigenvalue weighted by molar-refractivity contribution is 7.18. The highest BCUT2D eigenvalue weighted by atomic mass is 32.1. The molecule has 0 bridgehead atoms. The second-order valence-electron chi connectivity index (χ2n) is 19.3. The Morgan fingerprint density at radius 2 is 1.73 bits per heavy atom. The molecule has 1 aromatic carbocycles. The number of carbonyl (C=O) groups excluding carboxylic acids is 4. The van der Waals surface area contributed by atoms with Crippen molar-refractivity contribution in [2.75, 3.05) is 69.8 Å². The van der Waals surface area contributed by atoms with Crippen molar-refractivity contribution in [2.24, 2.45) is 5.92 Å². The smallest absolute Gasteiger partial charge is 0.246 e. The zero-order valence-electron chi connectivity index (χ0n) is 42.3. The van der Waals surface area contributed by atoms with E-state index in [4.69, 9.17) is 19.4 Å². The third kappa shape index (κ3) is 12.0. The summed E-state index contributed by atoms with van der Waals surface area (Å²) in [7, 11) is 1.73. The summed E-state index contributed by atoms with van der Waals surface area (Å²) in [5, 5.41) is 36.4. The lowest BCUT2D eigenvalue weighted by Gasteiger charge is -2.35. The van der Waals surface area contributed by atoms with E-state index in [1.165, 1.54) is 22.7 Å². The van der Waals surface area contributed by atoms with Crippen LogP contribution in [0.25, 0.3) is 27.5 Å². The first-order valence-corrected chi connectivity index (χ1v) is 27.3. The SMILES string of the molecule is CNC(C)C(=O)N[C@H](C(=O)N1CCCC1c1nc(C(=O)c2cccc(OCCOCCC(=O)N3CCN(c4nnc(-c5cnc(-c6ccc7cc(C#N)cnn67)cc5NC(C)C)s4)CC3)c2)cs1)C1CCCCC1. The van der Waals surface area contributed by atoms with E-state index < -0.39 is 12.1 Å². The molecule has 2 saturated heterocycles. The Labute approximate surface area is 438 Å². The molecule has 1 saturated carbocycles.